The molecule has 2 rings (SSSR count). The van der Waals surface area contributed by atoms with Gasteiger partial charge in [0.25, 0.3) is 4.92 Å². The minimum absolute atomic E-state index is 0.199. The predicted molar refractivity (Wildman–Crippen MR) is 80.0 cm³/mol. The molecule has 2 heterocycles. The van der Waals surface area contributed by atoms with Crippen LogP contribution in [0.4, 0.5) is 11.5 Å². The molecule has 0 aromatic carbocycles. The van der Waals surface area contributed by atoms with E-state index in [4.69, 9.17) is 5.73 Å². The Kier molecular flexibility index (Phi) is 5.60. The maximum atomic E-state index is 11.3. The molecule has 0 radical (unpaired) electrons. The fourth-order valence-electron chi connectivity index (χ4n) is 2.24. The molecule has 2 N–H and O–H groups in total. The fraction of sp³-hybridized carbons (Fsp3) is 0.615. The monoisotopic (exact) mass is 297 g/mol. The normalized spacial score (nSPS) is 16.1. The maximum absolute atomic E-state index is 11.3. The molecule has 1 aromatic rings. The summed E-state index contributed by atoms with van der Waals surface area (Å²) in [5.74, 6) is 1.18. The van der Waals surface area contributed by atoms with E-state index in [1.165, 1.54) is 39.5 Å². The SMILES string of the molecule is CO[N+](=O)c1ccc(SCCN2CCCCC2)nc1N. The number of thioether (sulfide) groups is 1. The van der Waals surface area contributed by atoms with Crippen molar-refractivity contribution in [1.82, 2.24) is 9.88 Å². The molecule has 0 aliphatic carbocycles. The highest BCUT2D eigenvalue weighted by molar-refractivity contribution is 7.99. The Morgan fingerprint density at radius 2 is 2.15 bits per heavy atom. The van der Waals surface area contributed by atoms with E-state index < -0.39 is 0 Å². The number of pyridine rings is 1. The van der Waals surface area contributed by atoms with Gasteiger partial charge in [0.2, 0.25) is 5.82 Å². The lowest BCUT2D eigenvalue weighted by Gasteiger charge is -2.25. The largest absolute Gasteiger partial charge is 0.378 e. The molecule has 1 aromatic heterocycles. The molecule has 1 fully saturated rings. The minimum atomic E-state index is 0.199. The van der Waals surface area contributed by atoms with Crippen LogP contribution in [-0.2, 0) is 4.84 Å². The third kappa shape index (κ3) is 4.08. The molecule has 0 bridgehead atoms. The van der Waals surface area contributed by atoms with E-state index in [0.29, 0.717) is 4.92 Å². The second-order valence-corrected chi connectivity index (χ2v) is 5.86. The molecular weight excluding hydrogens is 276 g/mol. The van der Waals surface area contributed by atoms with E-state index >= 15 is 0 Å². The van der Waals surface area contributed by atoms with Crippen LogP contribution in [0.3, 0.4) is 0 Å². The van der Waals surface area contributed by atoms with Crippen molar-refractivity contribution in [3.8, 4) is 0 Å². The summed E-state index contributed by atoms with van der Waals surface area (Å²) in [7, 11) is 1.30. The number of hydrogen-bond acceptors (Lipinski definition) is 6. The minimum Gasteiger partial charge on any atom is -0.378 e. The van der Waals surface area contributed by atoms with Gasteiger partial charge < -0.3 is 10.6 Å². The molecule has 20 heavy (non-hydrogen) atoms. The molecular formula is C13H21N4O2S+. The zero-order valence-electron chi connectivity index (χ0n) is 11.7. The van der Waals surface area contributed by atoms with Gasteiger partial charge in [-0.15, -0.1) is 11.8 Å². The van der Waals surface area contributed by atoms with Gasteiger partial charge in [-0.05, 0) is 32.0 Å². The Morgan fingerprint density at radius 1 is 1.40 bits per heavy atom. The van der Waals surface area contributed by atoms with Crippen molar-refractivity contribution < 1.29 is 9.76 Å². The lowest BCUT2D eigenvalue weighted by atomic mass is 10.1. The number of rotatable bonds is 6. The number of nitrogen functional groups attached to an aromatic ring is 1. The van der Waals surface area contributed by atoms with E-state index in [0.717, 1.165) is 17.3 Å². The molecule has 1 aliphatic heterocycles. The zero-order chi connectivity index (χ0) is 14.4. The zero-order valence-corrected chi connectivity index (χ0v) is 12.6. The van der Waals surface area contributed by atoms with Crippen molar-refractivity contribution in [3.63, 3.8) is 0 Å². The standard InChI is InChI=1S/C13H21N4O2S/c1-19-17(18)11-5-6-12(15-13(11)14)20-10-9-16-7-3-2-4-8-16/h5-6H,2-4,7-10H2,1H3,(H2,14,15)/q+1. The summed E-state index contributed by atoms with van der Waals surface area (Å²) in [6.45, 7) is 3.47. The first-order chi connectivity index (χ1) is 9.70. The molecule has 0 spiro atoms. The van der Waals surface area contributed by atoms with Gasteiger partial charge in [0.05, 0.1) is 9.93 Å². The van der Waals surface area contributed by atoms with Crippen molar-refractivity contribution in [1.29, 1.82) is 0 Å². The smallest absolute Gasteiger partial charge is 0.358 e. The first-order valence-corrected chi connectivity index (χ1v) is 7.82. The van der Waals surface area contributed by atoms with Gasteiger partial charge in [-0.1, -0.05) is 6.42 Å². The van der Waals surface area contributed by atoms with Crippen LogP contribution in [0.2, 0.25) is 0 Å². The summed E-state index contributed by atoms with van der Waals surface area (Å²) in [4.78, 5) is 23.0. The molecule has 0 saturated carbocycles. The van der Waals surface area contributed by atoms with Gasteiger partial charge in [0.1, 0.15) is 0 Å². The Labute approximate surface area is 123 Å². The highest BCUT2D eigenvalue weighted by Gasteiger charge is 2.20. The van der Waals surface area contributed by atoms with Crippen LogP contribution in [0.15, 0.2) is 17.2 Å². The summed E-state index contributed by atoms with van der Waals surface area (Å²) in [6, 6.07) is 3.44. The van der Waals surface area contributed by atoms with Crippen LogP contribution in [0.5, 0.6) is 0 Å². The number of likely N-dealkylation sites (tertiary alicyclic amines) is 1. The van der Waals surface area contributed by atoms with Crippen LogP contribution in [-0.4, -0.2) is 47.3 Å². The van der Waals surface area contributed by atoms with E-state index in [1.54, 1.807) is 23.9 Å². The number of nitrogens with two attached hydrogens (primary N) is 1. The summed E-state index contributed by atoms with van der Waals surface area (Å²) >= 11 is 1.66. The van der Waals surface area contributed by atoms with E-state index in [9.17, 15) is 4.91 Å². The van der Waals surface area contributed by atoms with Crippen molar-refractivity contribution in [2.45, 2.75) is 24.3 Å². The van der Waals surface area contributed by atoms with Gasteiger partial charge >= 0.3 is 5.69 Å². The Balaban J connectivity index is 1.84. The number of hydrogen-bond donors (Lipinski definition) is 1. The highest BCUT2D eigenvalue weighted by Crippen LogP contribution is 2.24. The van der Waals surface area contributed by atoms with Crippen molar-refractivity contribution in [3.05, 3.63) is 17.0 Å². The van der Waals surface area contributed by atoms with Gasteiger partial charge in [-0.25, -0.2) is 9.82 Å². The molecule has 7 heteroatoms. The van der Waals surface area contributed by atoms with Crippen LogP contribution >= 0.6 is 11.8 Å². The molecule has 0 unspecified atom stereocenters. The van der Waals surface area contributed by atoms with E-state index in [1.807, 2.05) is 0 Å². The third-order valence-corrected chi connectivity index (χ3v) is 4.26. The lowest BCUT2D eigenvalue weighted by Crippen LogP contribution is -2.31. The molecule has 1 aliphatic rings. The third-order valence-electron chi connectivity index (χ3n) is 3.35. The average molecular weight is 297 g/mol. The van der Waals surface area contributed by atoms with Crippen molar-refractivity contribution in [2.75, 3.05) is 38.2 Å². The predicted octanol–water partition coefficient (Wildman–Crippen LogP) is 2.21. The summed E-state index contributed by atoms with van der Waals surface area (Å²) in [6.07, 6.45) is 3.97. The second-order valence-electron chi connectivity index (χ2n) is 4.74. The van der Waals surface area contributed by atoms with Gasteiger partial charge in [0, 0.05) is 18.4 Å². The molecule has 0 atom stereocenters. The summed E-state index contributed by atoms with van der Waals surface area (Å²) < 4.78 is 0. The van der Waals surface area contributed by atoms with E-state index in [-0.39, 0.29) is 11.5 Å². The molecule has 1 saturated heterocycles. The van der Waals surface area contributed by atoms with Gasteiger partial charge in [-0.2, -0.15) is 0 Å². The molecule has 0 amide bonds. The average Bonchev–Trinajstić information content (AvgIpc) is 2.48. The summed E-state index contributed by atoms with van der Waals surface area (Å²) in [5, 5.41) is 0.841. The number of anilines is 1. The second kappa shape index (κ2) is 7.44. The van der Waals surface area contributed by atoms with Crippen LogP contribution in [0, 0.1) is 4.91 Å². The first kappa shape index (κ1) is 15.1. The summed E-state index contributed by atoms with van der Waals surface area (Å²) in [5.41, 5.74) is 6.00. The quantitative estimate of drug-likeness (QED) is 0.641. The highest BCUT2D eigenvalue weighted by atomic mass is 32.2. The first-order valence-electron chi connectivity index (χ1n) is 6.84. The number of aromatic nitrogens is 1. The van der Waals surface area contributed by atoms with Crippen LogP contribution in [0.1, 0.15) is 19.3 Å². The Bertz CT molecular complexity index is 464. The Morgan fingerprint density at radius 3 is 2.80 bits per heavy atom. The molecule has 110 valence electrons. The van der Waals surface area contributed by atoms with E-state index in [2.05, 4.69) is 14.7 Å². The van der Waals surface area contributed by atoms with Crippen molar-refractivity contribution in [2.24, 2.45) is 0 Å². The van der Waals surface area contributed by atoms with Crippen LogP contribution < -0.4 is 5.73 Å². The Hall–Kier alpha value is -1.34. The topological polar surface area (TPSA) is 71.5 Å². The van der Waals surface area contributed by atoms with Gasteiger partial charge in [-0.3, -0.25) is 0 Å². The molecule has 6 nitrogen and oxygen atoms in total. The number of piperidine rings is 1. The van der Waals surface area contributed by atoms with Crippen molar-refractivity contribution >= 4 is 23.3 Å². The fourth-order valence-corrected chi connectivity index (χ4v) is 3.13. The van der Waals surface area contributed by atoms with Gasteiger partial charge in [0.15, 0.2) is 7.11 Å². The lowest BCUT2D eigenvalue weighted by molar-refractivity contribution is -0.736. The number of nitrogens with zero attached hydrogens (tertiary/aromatic N) is 3. The maximum Gasteiger partial charge on any atom is 0.358 e. The van der Waals surface area contributed by atoms with Crippen LogP contribution in [0.25, 0.3) is 0 Å².